The van der Waals surface area contributed by atoms with E-state index in [1.54, 1.807) is 0 Å². The average Bonchev–Trinajstić information content (AvgIpc) is 2.88. The van der Waals surface area contributed by atoms with Gasteiger partial charge in [-0.1, -0.05) is 32.0 Å². The summed E-state index contributed by atoms with van der Waals surface area (Å²) in [4.78, 5) is 2.36. The largest absolute Gasteiger partial charge is 0.419 e. The zero-order valence-corrected chi connectivity index (χ0v) is 12.6. The van der Waals surface area contributed by atoms with E-state index in [1.807, 2.05) is 18.2 Å². The molecule has 1 aromatic heterocycles. The molecule has 0 aliphatic carbocycles. The lowest BCUT2D eigenvalue weighted by Gasteiger charge is -2.18. The molecule has 0 fully saturated rings. The molecular formula is C16H23N3O. The lowest BCUT2D eigenvalue weighted by Crippen LogP contribution is -2.25. The first kappa shape index (κ1) is 14.7. The number of hydrogen-bond donors (Lipinski definition) is 0. The SMILES string of the molecule is CCCN(CCC)Cc1nnc(-c2ccccc2C)o1. The Bertz CT molecular complexity index is 530. The minimum Gasteiger partial charge on any atom is -0.419 e. The van der Waals surface area contributed by atoms with Crippen molar-refractivity contribution in [3.05, 3.63) is 35.7 Å². The molecule has 1 heterocycles. The highest BCUT2D eigenvalue weighted by molar-refractivity contribution is 5.57. The average molecular weight is 273 g/mol. The van der Waals surface area contributed by atoms with Gasteiger partial charge < -0.3 is 4.42 Å². The fourth-order valence-electron chi connectivity index (χ4n) is 2.33. The van der Waals surface area contributed by atoms with E-state index >= 15 is 0 Å². The molecule has 0 atom stereocenters. The third-order valence-electron chi connectivity index (χ3n) is 3.28. The van der Waals surface area contributed by atoms with Gasteiger partial charge in [0.25, 0.3) is 0 Å². The monoisotopic (exact) mass is 273 g/mol. The normalized spacial score (nSPS) is 11.2. The molecule has 20 heavy (non-hydrogen) atoms. The van der Waals surface area contributed by atoms with Crippen LogP contribution in [0, 0.1) is 6.92 Å². The molecule has 0 N–H and O–H groups in total. The van der Waals surface area contributed by atoms with Crippen molar-refractivity contribution in [2.45, 2.75) is 40.2 Å². The van der Waals surface area contributed by atoms with Gasteiger partial charge >= 0.3 is 0 Å². The Morgan fingerprint density at radius 2 is 1.75 bits per heavy atom. The third kappa shape index (κ3) is 3.67. The smallest absolute Gasteiger partial charge is 0.248 e. The maximum absolute atomic E-state index is 5.81. The molecule has 0 aliphatic heterocycles. The maximum Gasteiger partial charge on any atom is 0.248 e. The molecule has 0 bridgehead atoms. The Labute approximate surface area is 120 Å². The standard InChI is InChI=1S/C16H23N3O/c1-4-10-19(11-5-2)12-15-17-18-16(20-15)14-9-7-6-8-13(14)3/h6-9H,4-5,10-12H2,1-3H3. The molecule has 2 rings (SSSR count). The highest BCUT2D eigenvalue weighted by Crippen LogP contribution is 2.21. The van der Waals surface area contributed by atoms with Crippen LogP contribution in [-0.2, 0) is 6.54 Å². The molecule has 0 radical (unpaired) electrons. The molecule has 0 unspecified atom stereocenters. The number of rotatable bonds is 7. The molecule has 4 heteroatoms. The van der Waals surface area contributed by atoms with Crippen LogP contribution in [0.4, 0.5) is 0 Å². The van der Waals surface area contributed by atoms with Gasteiger partial charge in [0.1, 0.15) is 0 Å². The summed E-state index contributed by atoms with van der Waals surface area (Å²) < 4.78 is 5.81. The minimum absolute atomic E-state index is 0.617. The third-order valence-corrected chi connectivity index (χ3v) is 3.28. The summed E-state index contributed by atoms with van der Waals surface area (Å²) in [6, 6.07) is 8.08. The van der Waals surface area contributed by atoms with Gasteiger partial charge in [-0.2, -0.15) is 0 Å². The maximum atomic E-state index is 5.81. The summed E-state index contributed by atoms with van der Waals surface area (Å²) in [6.07, 6.45) is 2.28. The van der Waals surface area contributed by atoms with Gasteiger partial charge in [-0.05, 0) is 44.5 Å². The van der Waals surface area contributed by atoms with Gasteiger partial charge in [0.15, 0.2) is 0 Å². The zero-order chi connectivity index (χ0) is 14.4. The summed E-state index contributed by atoms with van der Waals surface area (Å²) in [5, 5.41) is 8.36. The second kappa shape index (κ2) is 7.20. The van der Waals surface area contributed by atoms with E-state index in [-0.39, 0.29) is 0 Å². The van der Waals surface area contributed by atoms with Gasteiger partial charge in [-0.15, -0.1) is 10.2 Å². The van der Waals surface area contributed by atoms with Gasteiger partial charge in [0.2, 0.25) is 11.8 Å². The Hall–Kier alpha value is -1.68. The molecule has 1 aromatic carbocycles. The van der Waals surface area contributed by atoms with Crippen LogP contribution in [0.25, 0.3) is 11.5 Å². The van der Waals surface area contributed by atoms with Crippen LogP contribution < -0.4 is 0 Å². The van der Waals surface area contributed by atoms with Crippen LogP contribution in [-0.4, -0.2) is 28.2 Å². The Morgan fingerprint density at radius 3 is 2.40 bits per heavy atom. The molecule has 108 valence electrons. The van der Waals surface area contributed by atoms with Crippen LogP contribution in [0.3, 0.4) is 0 Å². The number of aryl methyl sites for hydroxylation is 1. The second-order valence-corrected chi connectivity index (χ2v) is 5.09. The first-order valence-electron chi connectivity index (χ1n) is 7.35. The molecule has 0 spiro atoms. The van der Waals surface area contributed by atoms with Crippen molar-refractivity contribution in [1.82, 2.24) is 15.1 Å². The van der Waals surface area contributed by atoms with E-state index in [0.29, 0.717) is 11.8 Å². The van der Waals surface area contributed by atoms with Crippen LogP contribution >= 0.6 is 0 Å². The van der Waals surface area contributed by atoms with Gasteiger partial charge in [-0.25, -0.2) is 0 Å². The lowest BCUT2D eigenvalue weighted by molar-refractivity contribution is 0.240. The van der Waals surface area contributed by atoms with Crippen molar-refractivity contribution >= 4 is 0 Å². The summed E-state index contributed by atoms with van der Waals surface area (Å²) in [7, 11) is 0. The van der Waals surface area contributed by atoms with E-state index in [4.69, 9.17) is 4.42 Å². The topological polar surface area (TPSA) is 42.2 Å². The molecular weight excluding hydrogens is 250 g/mol. The van der Waals surface area contributed by atoms with Crippen molar-refractivity contribution < 1.29 is 4.42 Å². The van der Waals surface area contributed by atoms with Crippen LogP contribution in [0.15, 0.2) is 28.7 Å². The second-order valence-electron chi connectivity index (χ2n) is 5.09. The molecule has 0 saturated carbocycles. The zero-order valence-electron chi connectivity index (χ0n) is 12.6. The number of hydrogen-bond acceptors (Lipinski definition) is 4. The van der Waals surface area contributed by atoms with Crippen molar-refractivity contribution in [1.29, 1.82) is 0 Å². The van der Waals surface area contributed by atoms with Gasteiger partial charge in [0.05, 0.1) is 6.54 Å². The highest BCUT2D eigenvalue weighted by Gasteiger charge is 2.13. The van der Waals surface area contributed by atoms with Crippen LogP contribution in [0.5, 0.6) is 0 Å². The molecule has 0 aliphatic rings. The van der Waals surface area contributed by atoms with Crippen molar-refractivity contribution in [2.75, 3.05) is 13.1 Å². The summed E-state index contributed by atoms with van der Waals surface area (Å²) >= 11 is 0. The number of benzene rings is 1. The van der Waals surface area contributed by atoms with Gasteiger partial charge in [0, 0.05) is 5.56 Å². The highest BCUT2D eigenvalue weighted by atomic mass is 16.4. The van der Waals surface area contributed by atoms with E-state index < -0.39 is 0 Å². The first-order chi connectivity index (χ1) is 9.74. The van der Waals surface area contributed by atoms with Crippen LogP contribution in [0.2, 0.25) is 0 Å². The molecule has 0 amide bonds. The number of aromatic nitrogens is 2. The number of nitrogens with zero attached hydrogens (tertiary/aromatic N) is 3. The summed E-state index contributed by atoms with van der Waals surface area (Å²) in [5.41, 5.74) is 2.17. The van der Waals surface area contributed by atoms with Crippen molar-refractivity contribution in [2.24, 2.45) is 0 Å². The van der Waals surface area contributed by atoms with Gasteiger partial charge in [-0.3, -0.25) is 4.90 Å². The van der Waals surface area contributed by atoms with Crippen LogP contribution in [0.1, 0.15) is 38.1 Å². The van der Waals surface area contributed by atoms with Crippen molar-refractivity contribution in [3.8, 4) is 11.5 Å². The summed E-state index contributed by atoms with van der Waals surface area (Å²) in [5.74, 6) is 1.32. The summed E-state index contributed by atoms with van der Waals surface area (Å²) in [6.45, 7) is 9.30. The molecule has 4 nitrogen and oxygen atoms in total. The molecule has 0 saturated heterocycles. The first-order valence-corrected chi connectivity index (χ1v) is 7.35. The predicted molar refractivity (Wildman–Crippen MR) is 80.3 cm³/mol. The van der Waals surface area contributed by atoms with E-state index in [2.05, 4.69) is 41.9 Å². The minimum atomic E-state index is 0.617. The fourth-order valence-corrected chi connectivity index (χ4v) is 2.33. The Balaban J connectivity index is 2.10. The van der Waals surface area contributed by atoms with Crippen molar-refractivity contribution in [3.63, 3.8) is 0 Å². The fraction of sp³-hybridized carbons (Fsp3) is 0.500. The predicted octanol–water partition coefficient (Wildman–Crippen LogP) is 3.67. The van der Waals surface area contributed by atoms with E-state index in [0.717, 1.165) is 43.6 Å². The lowest BCUT2D eigenvalue weighted by atomic mass is 10.1. The Kier molecular flexibility index (Phi) is 5.30. The quantitative estimate of drug-likeness (QED) is 0.772. The molecule has 2 aromatic rings. The van der Waals surface area contributed by atoms with E-state index in [9.17, 15) is 0 Å². The van der Waals surface area contributed by atoms with E-state index in [1.165, 1.54) is 0 Å². The Morgan fingerprint density at radius 1 is 1.05 bits per heavy atom.